The van der Waals surface area contributed by atoms with E-state index in [2.05, 4.69) is 34.6 Å². The first-order chi connectivity index (χ1) is 6.24. The molecule has 0 saturated heterocycles. The molecular weight excluding hydrogens is 156 g/mol. The minimum absolute atomic E-state index is 0.847. The summed E-state index contributed by atoms with van der Waals surface area (Å²) in [6.45, 7) is 11.5. The summed E-state index contributed by atoms with van der Waals surface area (Å²) in [4.78, 5) is 0. The second kappa shape index (κ2) is 7.17. The van der Waals surface area contributed by atoms with E-state index >= 15 is 0 Å². The van der Waals surface area contributed by atoms with Crippen LogP contribution in [0.5, 0.6) is 0 Å². The first-order valence-electron chi connectivity index (χ1n) is 5.95. The van der Waals surface area contributed by atoms with Gasteiger partial charge in [-0.1, -0.05) is 45.8 Å². The van der Waals surface area contributed by atoms with Gasteiger partial charge in [-0.3, -0.25) is 0 Å². The van der Waals surface area contributed by atoms with Crippen LogP contribution < -0.4 is 0 Å². The number of rotatable bonds is 6. The molecule has 0 fully saturated rings. The summed E-state index contributed by atoms with van der Waals surface area (Å²) in [5.74, 6) is 0.847. The molecule has 78 valence electrons. The number of hydrogen-bond donors (Lipinski definition) is 0. The molecule has 0 aromatic rings. The van der Waals surface area contributed by atoms with Crippen LogP contribution in [-0.4, -0.2) is 0 Å². The second-order valence-electron chi connectivity index (χ2n) is 3.70. The highest BCUT2D eigenvalue weighted by atomic mass is 14.2. The molecule has 0 aliphatic rings. The lowest BCUT2D eigenvalue weighted by molar-refractivity contribution is 0.545. The zero-order valence-corrected chi connectivity index (χ0v) is 10.1. The van der Waals surface area contributed by atoms with Gasteiger partial charge < -0.3 is 0 Å². The van der Waals surface area contributed by atoms with E-state index in [0.717, 1.165) is 5.92 Å². The van der Waals surface area contributed by atoms with E-state index in [0.29, 0.717) is 0 Å². The minimum atomic E-state index is 0.847. The minimum Gasteiger partial charge on any atom is -0.0713 e. The summed E-state index contributed by atoms with van der Waals surface area (Å²) < 4.78 is 0. The number of allylic oxidation sites excluding steroid dienone is 2. The molecule has 0 nitrogen and oxygen atoms in total. The van der Waals surface area contributed by atoms with Gasteiger partial charge in [-0.05, 0) is 38.0 Å². The Hall–Kier alpha value is -0.260. The van der Waals surface area contributed by atoms with Crippen LogP contribution in [0, 0.1) is 5.92 Å². The lowest BCUT2D eigenvalue weighted by Crippen LogP contribution is -2.04. The SMILES string of the molecule is CCC(CC)=C(CC)C(CC)CC. The average Bonchev–Trinajstić information content (AvgIpc) is 2.18. The molecule has 0 aromatic heterocycles. The zero-order chi connectivity index (χ0) is 10.3. The van der Waals surface area contributed by atoms with E-state index in [1.165, 1.54) is 32.1 Å². The van der Waals surface area contributed by atoms with Crippen molar-refractivity contribution in [3.8, 4) is 0 Å². The van der Waals surface area contributed by atoms with Crippen molar-refractivity contribution in [1.82, 2.24) is 0 Å². The topological polar surface area (TPSA) is 0 Å². The van der Waals surface area contributed by atoms with Gasteiger partial charge >= 0.3 is 0 Å². The quantitative estimate of drug-likeness (QED) is 0.510. The van der Waals surface area contributed by atoms with E-state index in [9.17, 15) is 0 Å². The van der Waals surface area contributed by atoms with Crippen molar-refractivity contribution in [3.63, 3.8) is 0 Å². The van der Waals surface area contributed by atoms with E-state index in [1.807, 2.05) is 0 Å². The molecule has 0 heterocycles. The van der Waals surface area contributed by atoms with Crippen LogP contribution in [-0.2, 0) is 0 Å². The van der Waals surface area contributed by atoms with Gasteiger partial charge in [0.2, 0.25) is 0 Å². The molecule has 0 saturated carbocycles. The van der Waals surface area contributed by atoms with Crippen LogP contribution in [0.15, 0.2) is 11.1 Å². The van der Waals surface area contributed by atoms with Crippen molar-refractivity contribution in [3.05, 3.63) is 11.1 Å². The van der Waals surface area contributed by atoms with Gasteiger partial charge in [0.1, 0.15) is 0 Å². The molecule has 0 spiro atoms. The van der Waals surface area contributed by atoms with E-state index in [4.69, 9.17) is 0 Å². The lowest BCUT2D eigenvalue weighted by atomic mass is 9.86. The molecule has 0 atom stereocenters. The van der Waals surface area contributed by atoms with Crippen LogP contribution in [0.3, 0.4) is 0 Å². The summed E-state index contributed by atoms with van der Waals surface area (Å²) in [5, 5.41) is 0. The second-order valence-corrected chi connectivity index (χ2v) is 3.70. The Balaban J connectivity index is 4.69. The molecule has 0 unspecified atom stereocenters. The maximum atomic E-state index is 2.31. The van der Waals surface area contributed by atoms with E-state index in [1.54, 1.807) is 11.1 Å². The molecule has 13 heavy (non-hydrogen) atoms. The van der Waals surface area contributed by atoms with Gasteiger partial charge in [-0.15, -0.1) is 0 Å². The Morgan fingerprint density at radius 2 is 1.23 bits per heavy atom. The van der Waals surface area contributed by atoms with Gasteiger partial charge in [0.25, 0.3) is 0 Å². The summed E-state index contributed by atoms with van der Waals surface area (Å²) in [6, 6.07) is 0. The van der Waals surface area contributed by atoms with E-state index in [-0.39, 0.29) is 0 Å². The van der Waals surface area contributed by atoms with Crippen molar-refractivity contribution in [1.29, 1.82) is 0 Å². The first-order valence-corrected chi connectivity index (χ1v) is 5.95. The Morgan fingerprint density at radius 1 is 0.769 bits per heavy atom. The van der Waals surface area contributed by atoms with Crippen LogP contribution in [0.4, 0.5) is 0 Å². The summed E-state index contributed by atoms with van der Waals surface area (Å²) >= 11 is 0. The molecular formula is C13H26. The zero-order valence-electron chi connectivity index (χ0n) is 10.1. The highest BCUT2D eigenvalue weighted by Crippen LogP contribution is 2.27. The average molecular weight is 182 g/mol. The molecule has 0 heteroatoms. The maximum Gasteiger partial charge on any atom is -0.0206 e. The predicted octanol–water partition coefficient (Wildman–Crippen LogP) is 4.95. The Morgan fingerprint density at radius 3 is 1.46 bits per heavy atom. The summed E-state index contributed by atoms with van der Waals surface area (Å²) in [5.41, 5.74) is 3.45. The number of hydrogen-bond acceptors (Lipinski definition) is 0. The van der Waals surface area contributed by atoms with Gasteiger partial charge in [-0.25, -0.2) is 0 Å². The van der Waals surface area contributed by atoms with Crippen molar-refractivity contribution in [2.45, 2.75) is 66.7 Å². The fraction of sp³-hybridized carbons (Fsp3) is 0.846. The lowest BCUT2D eigenvalue weighted by Gasteiger charge is -2.20. The molecule has 0 aliphatic carbocycles. The molecule has 0 aliphatic heterocycles. The largest absolute Gasteiger partial charge is 0.0713 e. The third-order valence-electron chi connectivity index (χ3n) is 3.17. The monoisotopic (exact) mass is 182 g/mol. The van der Waals surface area contributed by atoms with Crippen LogP contribution in [0.1, 0.15) is 66.7 Å². The smallest absolute Gasteiger partial charge is 0.0206 e. The fourth-order valence-corrected chi connectivity index (χ4v) is 2.31. The van der Waals surface area contributed by atoms with Crippen molar-refractivity contribution in [2.75, 3.05) is 0 Å². The fourth-order valence-electron chi connectivity index (χ4n) is 2.31. The molecule has 0 N–H and O–H groups in total. The third-order valence-corrected chi connectivity index (χ3v) is 3.17. The molecule has 0 rings (SSSR count). The summed E-state index contributed by atoms with van der Waals surface area (Å²) in [7, 11) is 0. The predicted molar refractivity (Wildman–Crippen MR) is 62.0 cm³/mol. The highest BCUT2D eigenvalue weighted by molar-refractivity contribution is 5.16. The van der Waals surface area contributed by atoms with E-state index < -0.39 is 0 Å². The van der Waals surface area contributed by atoms with Crippen molar-refractivity contribution >= 4 is 0 Å². The van der Waals surface area contributed by atoms with Gasteiger partial charge in [0.15, 0.2) is 0 Å². The summed E-state index contributed by atoms with van der Waals surface area (Å²) in [6.07, 6.45) is 6.36. The van der Waals surface area contributed by atoms with Crippen LogP contribution in [0.25, 0.3) is 0 Å². The van der Waals surface area contributed by atoms with Crippen LogP contribution >= 0.6 is 0 Å². The molecule has 0 bridgehead atoms. The molecule has 0 amide bonds. The van der Waals surface area contributed by atoms with Gasteiger partial charge in [-0.2, -0.15) is 0 Å². The first kappa shape index (κ1) is 12.7. The highest BCUT2D eigenvalue weighted by Gasteiger charge is 2.11. The third kappa shape index (κ3) is 3.54. The standard InChI is InChI=1S/C13H26/c1-6-11(7-2)13(10-5)12(8-3)9-4/h11H,6-10H2,1-5H3. The molecule has 0 aromatic carbocycles. The maximum absolute atomic E-state index is 2.31. The normalized spacial score (nSPS) is 10.6. The van der Waals surface area contributed by atoms with Gasteiger partial charge in [0.05, 0.1) is 0 Å². The van der Waals surface area contributed by atoms with Crippen molar-refractivity contribution < 1.29 is 0 Å². The molecule has 0 radical (unpaired) electrons. The Bertz CT molecular complexity index is 143. The van der Waals surface area contributed by atoms with Crippen LogP contribution in [0.2, 0.25) is 0 Å². The van der Waals surface area contributed by atoms with Gasteiger partial charge in [0, 0.05) is 0 Å². The Labute approximate surface area is 84.4 Å². The van der Waals surface area contributed by atoms with Crippen molar-refractivity contribution in [2.24, 2.45) is 5.92 Å². The Kier molecular flexibility index (Phi) is 7.03.